The Balaban J connectivity index is 1.17. The standard InChI is InChI=1S/C25H26FN7O2/c26-17-4-3-10-28-19(17)16-30-25-24-21(7-13-29-25)35-23(32-24)9-12-27-11-8-22-31-18-5-1-2-6-20(18)33(22)14-15-34/h1-7,10,13,27,34H,8-9,11-12,14-16H2,(H,29,30). The zero-order valence-corrected chi connectivity index (χ0v) is 19.1. The fraction of sp³-hybridized carbons (Fsp3) is 0.280. The third-order valence-electron chi connectivity index (χ3n) is 5.71. The molecule has 0 amide bonds. The topological polar surface area (TPSA) is 114 Å². The van der Waals surface area contributed by atoms with Crippen LogP contribution in [-0.2, 0) is 25.9 Å². The van der Waals surface area contributed by atoms with E-state index < -0.39 is 0 Å². The molecule has 0 radical (unpaired) electrons. The van der Waals surface area contributed by atoms with E-state index in [0.717, 1.165) is 29.8 Å². The van der Waals surface area contributed by atoms with Crippen LogP contribution in [0.25, 0.3) is 22.1 Å². The van der Waals surface area contributed by atoms with Gasteiger partial charge in [0.25, 0.3) is 0 Å². The summed E-state index contributed by atoms with van der Waals surface area (Å²) in [6, 6.07) is 12.6. The predicted octanol–water partition coefficient (Wildman–Crippen LogP) is 3.09. The third kappa shape index (κ3) is 5.13. The van der Waals surface area contributed by atoms with Gasteiger partial charge in [-0.05, 0) is 24.3 Å². The molecule has 0 unspecified atom stereocenters. The van der Waals surface area contributed by atoms with Crippen molar-refractivity contribution in [2.45, 2.75) is 25.9 Å². The number of benzene rings is 1. The first-order valence-electron chi connectivity index (χ1n) is 11.6. The van der Waals surface area contributed by atoms with Crippen LogP contribution in [0.5, 0.6) is 0 Å². The number of anilines is 1. The van der Waals surface area contributed by atoms with Crippen LogP contribution >= 0.6 is 0 Å². The average molecular weight is 476 g/mol. The van der Waals surface area contributed by atoms with Crippen LogP contribution in [0.4, 0.5) is 10.2 Å². The van der Waals surface area contributed by atoms with E-state index in [1.807, 2.05) is 24.3 Å². The molecule has 10 heteroatoms. The molecule has 0 atom stereocenters. The molecule has 4 aromatic heterocycles. The van der Waals surface area contributed by atoms with Crippen molar-refractivity contribution in [2.75, 3.05) is 25.0 Å². The van der Waals surface area contributed by atoms with E-state index in [4.69, 9.17) is 9.40 Å². The number of hydrogen-bond donors (Lipinski definition) is 3. The summed E-state index contributed by atoms with van der Waals surface area (Å²) in [5, 5.41) is 15.9. The molecule has 0 saturated carbocycles. The zero-order valence-electron chi connectivity index (χ0n) is 19.1. The SMILES string of the molecule is OCCn1c(CCNCCc2nc3c(NCc4ncccc4F)nccc3o2)nc2ccccc21. The highest BCUT2D eigenvalue weighted by Crippen LogP contribution is 2.22. The largest absolute Gasteiger partial charge is 0.440 e. The lowest BCUT2D eigenvalue weighted by Crippen LogP contribution is -2.22. The second-order valence-corrected chi connectivity index (χ2v) is 8.04. The molecule has 0 aliphatic heterocycles. The first-order valence-corrected chi connectivity index (χ1v) is 11.6. The Hall–Kier alpha value is -3.89. The second-order valence-electron chi connectivity index (χ2n) is 8.04. The number of aliphatic hydroxyl groups is 1. The van der Waals surface area contributed by atoms with Crippen LogP contribution in [0, 0.1) is 5.82 Å². The highest BCUT2D eigenvalue weighted by Gasteiger charge is 2.13. The van der Waals surface area contributed by atoms with Crippen molar-refractivity contribution >= 4 is 28.0 Å². The van der Waals surface area contributed by atoms with Gasteiger partial charge in [0.2, 0.25) is 0 Å². The van der Waals surface area contributed by atoms with E-state index in [9.17, 15) is 9.50 Å². The molecular formula is C25H26FN7O2. The maximum Gasteiger partial charge on any atom is 0.196 e. The summed E-state index contributed by atoms with van der Waals surface area (Å²) in [6.45, 7) is 2.21. The molecule has 3 N–H and O–H groups in total. The molecule has 4 heterocycles. The molecule has 0 fully saturated rings. The Bertz CT molecular complexity index is 1430. The molecular weight excluding hydrogens is 449 g/mol. The number of oxazole rings is 1. The van der Waals surface area contributed by atoms with Gasteiger partial charge in [-0.2, -0.15) is 0 Å². The molecule has 0 aliphatic carbocycles. The van der Waals surface area contributed by atoms with E-state index in [-0.39, 0.29) is 19.0 Å². The number of nitrogens with one attached hydrogen (secondary N) is 2. The number of rotatable bonds is 11. The van der Waals surface area contributed by atoms with Crippen molar-refractivity contribution in [1.82, 2.24) is 29.8 Å². The van der Waals surface area contributed by atoms with Gasteiger partial charge >= 0.3 is 0 Å². The quantitative estimate of drug-likeness (QED) is 0.250. The normalized spacial score (nSPS) is 11.5. The van der Waals surface area contributed by atoms with E-state index in [2.05, 4.69) is 30.2 Å². The maximum absolute atomic E-state index is 13.9. The van der Waals surface area contributed by atoms with Gasteiger partial charge in [0.05, 0.1) is 29.9 Å². The van der Waals surface area contributed by atoms with Crippen molar-refractivity contribution in [2.24, 2.45) is 0 Å². The number of para-hydroxylation sites is 2. The van der Waals surface area contributed by atoms with Gasteiger partial charge in [-0.15, -0.1) is 0 Å². The van der Waals surface area contributed by atoms with Crippen molar-refractivity contribution in [3.05, 3.63) is 78.1 Å². The number of nitrogens with zero attached hydrogens (tertiary/aromatic N) is 5. The number of pyridine rings is 2. The van der Waals surface area contributed by atoms with Crippen LogP contribution < -0.4 is 10.6 Å². The number of hydrogen-bond acceptors (Lipinski definition) is 8. The maximum atomic E-state index is 13.9. The molecule has 9 nitrogen and oxygen atoms in total. The number of imidazole rings is 1. The average Bonchev–Trinajstić information content (AvgIpc) is 3.45. The minimum Gasteiger partial charge on any atom is -0.440 e. The Morgan fingerprint density at radius 3 is 2.74 bits per heavy atom. The number of aromatic nitrogens is 5. The Morgan fingerprint density at radius 2 is 1.86 bits per heavy atom. The molecule has 180 valence electrons. The van der Waals surface area contributed by atoms with Gasteiger partial charge in [0.1, 0.15) is 11.6 Å². The van der Waals surface area contributed by atoms with Gasteiger partial charge in [0.15, 0.2) is 22.8 Å². The smallest absolute Gasteiger partial charge is 0.196 e. The summed E-state index contributed by atoms with van der Waals surface area (Å²) >= 11 is 0. The van der Waals surface area contributed by atoms with Crippen molar-refractivity contribution in [3.63, 3.8) is 0 Å². The lowest BCUT2D eigenvalue weighted by molar-refractivity contribution is 0.276. The molecule has 5 aromatic rings. The van der Waals surface area contributed by atoms with E-state index >= 15 is 0 Å². The van der Waals surface area contributed by atoms with Gasteiger partial charge in [-0.25, -0.2) is 19.3 Å². The van der Waals surface area contributed by atoms with Crippen LogP contribution in [0.1, 0.15) is 17.4 Å². The molecule has 0 aliphatic rings. The Kier molecular flexibility index (Phi) is 6.92. The first kappa shape index (κ1) is 22.9. The molecule has 0 bridgehead atoms. The fourth-order valence-electron chi connectivity index (χ4n) is 4.04. The van der Waals surface area contributed by atoms with Gasteiger partial charge in [-0.1, -0.05) is 12.1 Å². The van der Waals surface area contributed by atoms with Gasteiger partial charge < -0.3 is 24.7 Å². The summed E-state index contributed by atoms with van der Waals surface area (Å²) in [4.78, 5) is 17.7. The van der Waals surface area contributed by atoms with Crippen molar-refractivity contribution in [1.29, 1.82) is 0 Å². The third-order valence-corrected chi connectivity index (χ3v) is 5.71. The zero-order chi connectivity index (χ0) is 24.0. The number of fused-ring (bicyclic) bond motifs is 2. The molecule has 5 rings (SSSR count). The summed E-state index contributed by atoms with van der Waals surface area (Å²) in [7, 11) is 0. The van der Waals surface area contributed by atoms with E-state index in [1.165, 1.54) is 6.07 Å². The second kappa shape index (κ2) is 10.6. The minimum atomic E-state index is -0.369. The van der Waals surface area contributed by atoms with E-state index in [1.54, 1.807) is 24.5 Å². The highest BCUT2D eigenvalue weighted by molar-refractivity contribution is 5.83. The number of aliphatic hydroxyl groups excluding tert-OH is 1. The van der Waals surface area contributed by atoms with Crippen LogP contribution in [0.2, 0.25) is 0 Å². The first-order chi connectivity index (χ1) is 17.2. The molecule has 35 heavy (non-hydrogen) atoms. The van der Waals surface area contributed by atoms with Crippen LogP contribution in [-0.4, -0.2) is 49.3 Å². The molecule has 0 saturated heterocycles. The summed E-state index contributed by atoms with van der Waals surface area (Å²) < 4.78 is 21.8. The fourth-order valence-corrected chi connectivity index (χ4v) is 4.04. The Labute approximate surface area is 201 Å². The van der Waals surface area contributed by atoms with Gasteiger partial charge in [-0.3, -0.25) is 4.98 Å². The van der Waals surface area contributed by atoms with Crippen molar-refractivity contribution < 1.29 is 13.9 Å². The minimum absolute atomic E-state index is 0.0704. The lowest BCUT2D eigenvalue weighted by Gasteiger charge is -2.08. The summed E-state index contributed by atoms with van der Waals surface area (Å²) in [6.07, 6.45) is 4.53. The predicted molar refractivity (Wildman–Crippen MR) is 130 cm³/mol. The number of halogens is 1. The van der Waals surface area contributed by atoms with Crippen LogP contribution in [0.3, 0.4) is 0 Å². The van der Waals surface area contributed by atoms with E-state index in [0.29, 0.717) is 48.0 Å². The van der Waals surface area contributed by atoms with Gasteiger partial charge in [0, 0.05) is 50.9 Å². The highest BCUT2D eigenvalue weighted by atomic mass is 19.1. The monoisotopic (exact) mass is 475 g/mol. The molecule has 1 aromatic carbocycles. The van der Waals surface area contributed by atoms with Crippen molar-refractivity contribution in [3.8, 4) is 0 Å². The summed E-state index contributed by atoms with van der Waals surface area (Å²) in [5.74, 6) is 1.70. The lowest BCUT2D eigenvalue weighted by atomic mass is 10.3. The Morgan fingerprint density at radius 1 is 0.971 bits per heavy atom. The summed E-state index contributed by atoms with van der Waals surface area (Å²) in [5.41, 5.74) is 3.51. The molecule has 0 spiro atoms. The van der Waals surface area contributed by atoms with Crippen LogP contribution in [0.15, 0.2) is 59.3 Å².